The Bertz CT molecular complexity index is 1080. The molecule has 2 aromatic heterocycles. The van der Waals surface area contributed by atoms with Crippen molar-refractivity contribution in [2.75, 3.05) is 0 Å². The second-order valence-corrected chi connectivity index (χ2v) is 5.15. The van der Waals surface area contributed by atoms with Gasteiger partial charge >= 0.3 is 0 Å². The van der Waals surface area contributed by atoms with Gasteiger partial charge in [0.05, 0.1) is 16.8 Å². The molecule has 0 amide bonds. The number of hydrogen-bond acceptors (Lipinski definition) is 3. The Balaban J connectivity index is 2.12. The van der Waals surface area contributed by atoms with Gasteiger partial charge in [0.2, 0.25) is 0 Å². The molecule has 5 nitrogen and oxygen atoms in total. The smallest absolute Gasteiger partial charge is 0.199 e. The second-order valence-electron chi connectivity index (χ2n) is 5.15. The van der Waals surface area contributed by atoms with Crippen LogP contribution in [0.5, 0.6) is 5.88 Å². The molecular weight excluding hydrogens is 304 g/mol. The molecule has 0 radical (unpaired) electrons. The lowest BCUT2D eigenvalue weighted by molar-refractivity contribution is 0.460. The highest BCUT2D eigenvalue weighted by Crippen LogP contribution is 2.44. The number of hydrogen-bond donors (Lipinski definition) is 3. The van der Waals surface area contributed by atoms with Gasteiger partial charge in [-0.1, -0.05) is 18.2 Å². The van der Waals surface area contributed by atoms with Crippen molar-refractivity contribution >= 4 is 27.5 Å². The molecule has 0 aliphatic rings. The van der Waals surface area contributed by atoms with Crippen molar-refractivity contribution in [3.63, 3.8) is 0 Å². The molecule has 3 N–H and O–H groups in total. The lowest BCUT2D eigenvalue weighted by Crippen LogP contribution is -1.82. The van der Waals surface area contributed by atoms with Crippen LogP contribution in [-0.4, -0.2) is 15.1 Å². The Labute approximate surface area is 127 Å². The largest absolute Gasteiger partial charge is 0.494 e. The van der Waals surface area contributed by atoms with Gasteiger partial charge in [-0.05, 0) is 17.3 Å². The third-order valence-electron chi connectivity index (χ3n) is 3.84. The molecule has 0 unspecified atom stereocenters. The summed E-state index contributed by atoms with van der Waals surface area (Å²) in [4.78, 5) is 16.9. The summed E-state index contributed by atoms with van der Waals surface area (Å²) in [7, 11) is 0. The zero-order valence-electron chi connectivity index (χ0n) is 11.5. The monoisotopic (exact) mass is 313 g/mol. The lowest BCUT2D eigenvalue weighted by atomic mass is 10.1. The van der Waals surface area contributed by atoms with Crippen molar-refractivity contribution in [1.29, 1.82) is 0 Å². The molecule has 4 aromatic rings. The maximum Gasteiger partial charge on any atom is 0.199 e. The summed E-state index contributed by atoms with van der Waals surface area (Å²) in [5.74, 6) is -2.27. The fraction of sp³-hybridized carbons (Fsp3) is 0. The number of aromatic amines is 2. The molecule has 114 valence electrons. The second kappa shape index (κ2) is 4.64. The van der Waals surface area contributed by atoms with Crippen LogP contribution in [0.1, 0.15) is 0 Å². The Morgan fingerprint density at radius 3 is 2.48 bits per heavy atom. The van der Waals surface area contributed by atoms with Crippen molar-refractivity contribution in [3.05, 3.63) is 52.9 Å². The average molecular weight is 313 g/mol. The summed E-state index contributed by atoms with van der Waals surface area (Å²) in [6.07, 6.45) is 0. The van der Waals surface area contributed by atoms with Gasteiger partial charge < -0.3 is 15.1 Å². The fourth-order valence-electron chi connectivity index (χ4n) is 2.83. The Morgan fingerprint density at radius 1 is 0.957 bits per heavy atom. The standard InChI is InChI=1S/C16H9F2N3O2/c17-9-5-8-12(6-10(9)18)19-15(14(8)21-23)13-7-3-1-2-4-11(7)20-16(13)22/h1-6,19-20,22H. The highest BCUT2D eigenvalue weighted by atomic mass is 19.2. The van der Waals surface area contributed by atoms with Crippen molar-refractivity contribution in [2.24, 2.45) is 5.18 Å². The molecule has 2 heterocycles. The summed E-state index contributed by atoms with van der Waals surface area (Å²) in [5.41, 5.74) is 1.33. The molecule has 0 bridgehead atoms. The van der Waals surface area contributed by atoms with Crippen LogP contribution in [0.2, 0.25) is 0 Å². The van der Waals surface area contributed by atoms with E-state index in [1.165, 1.54) is 0 Å². The van der Waals surface area contributed by atoms with E-state index in [9.17, 15) is 18.8 Å². The van der Waals surface area contributed by atoms with Gasteiger partial charge in [-0.15, -0.1) is 4.91 Å². The summed E-state index contributed by atoms with van der Waals surface area (Å²) < 4.78 is 26.9. The maximum atomic E-state index is 13.5. The molecule has 0 fully saturated rings. The first-order chi connectivity index (χ1) is 11.1. The van der Waals surface area contributed by atoms with E-state index in [-0.39, 0.29) is 28.2 Å². The highest BCUT2D eigenvalue weighted by molar-refractivity contribution is 6.07. The van der Waals surface area contributed by atoms with E-state index in [1.54, 1.807) is 24.3 Å². The first-order valence-corrected chi connectivity index (χ1v) is 6.74. The van der Waals surface area contributed by atoms with Gasteiger partial charge in [0.25, 0.3) is 0 Å². The van der Waals surface area contributed by atoms with E-state index in [0.29, 0.717) is 16.5 Å². The topological polar surface area (TPSA) is 81.2 Å². The van der Waals surface area contributed by atoms with E-state index in [0.717, 1.165) is 12.1 Å². The number of H-pyrrole nitrogens is 2. The molecule has 23 heavy (non-hydrogen) atoms. The van der Waals surface area contributed by atoms with Gasteiger partial charge in [-0.25, -0.2) is 8.78 Å². The predicted octanol–water partition coefficient (Wildman–Crippen LogP) is 4.70. The Morgan fingerprint density at radius 2 is 1.70 bits per heavy atom. The number of nitroso groups, excluding NO2 is 1. The van der Waals surface area contributed by atoms with Crippen molar-refractivity contribution < 1.29 is 13.9 Å². The number of fused-ring (bicyclic) bond motifs is 2. The number of nitrogens with zero attached hydrogens (tertiary/aromatic N) is 1. The molecule has 0 atom stereocenters. The average Bonchev–Trinajstić information content (AvgIpc) is 3.03. The number of rotatable bonds is 2. The maximum absolute atomic E-state index is 13.5. The normalized spacial score (nSPS) is 11.4. The minimum atomic E-state index is -1.07. The molecule has 0 saturated carbocycles. The van der Waals surface area contributed by atoms with Crippen molar-refractivity contribution in [3.8, 4) is 17.1 Å². The molecule has 0 saturated heterocycles. The minimum Gasteiger partial charge on any atom is -0.494 e. The van der Waals surface area contributed by atoms with E-state index in [2.05, 4.69) is 15.1 Å². The van der Waals surface area contributed by atoms with Crippen LogP contribution in [-0.2, 0) is 0 Å². The molecule has 7 heteroatoms. The van der Waals surface area contributed by atoms with Gasteiger partial charge in [0.15, 0.2) is 17.5 Å². The fourth-order valence-corrected chi connectivity index (χ4v) is 2.83. The predicted molar refractivity (Wildman–Crippen MR) is 82.6 cm³/mol. The summed E-state index contributed by atoms with van der Waals surface area (Å²) >= 11 is 0. The highest BCUT2D eigenvalue weighted by Gasteiger charge is 2.22. The SMILES string of the molecule is O=Nc1c(-c2c(O)[nH]c3ccccc23)[nH]c2cc(F)c(F)cc12. The number of nitrogens with one attached hydrogen (secondary N) is 2. The lowest BCUT2D eigenvalue weighted by Gasteiger charge is -1.98. The molecule has 0 spiro atoms. The van der Waals surface area contributed by atoms with E-state index < -0.39 is 11.6 Å². The third-order valence-corrected chi connectivity index (χ3v) is 3.84. The minimum absolute atomic E-state index is 0.0843. The first-order valence-electron chi connectivity index (χ1n) is 6.74. The molecular formula is C16H9F2N3O2. The van der Waals surface area contributed by atoms with Crippen LogP contribution < -0.4 is 0 Å². The molecule has 0 aliphatic heterocycles. The van der Waals surface area contributed by atoms with Gasteiger partial charge in [0.1, 0.15) is 5.69 Å². The quantitative estimate of drug-likeness (QED) is 0.469. The van der Waals surface area contributed by atoms with Crippen LogP contribution in [0.3, 0.4) is 0 Å². The molecule has 0 aliphatic carbocycles. The van der Waals surface area contributed by atoms with Crippen LogP contribution in [0, 0.1) is 16.5 Å². The summed E-state index contributed by atoms with van der Waals surface area (Å²) in [6, 6.07) is 8.94. The van der Waals surface area contributed by atoms with E-state index >= 15 is 0 Å². The molecule has 2 aromatic carbocycles. The number of para-hydroxylation sites is 1. The summed E-state index contributed by atoms with van der Waals surface area (Å²) in [5, 5.41) is 13.9. The van der Waals surface area contributed by atoms with Crippen LogP contribution in [0.15, 0.2) is 41.6 Å². The van der Waals surface area contributed by atoms with Gasteiger partial charge in [0, 0.05) is 22.4 Å². The number of aromatic hydroxyl groups is 1. The van der Waals surface area contributed by atoms with Crippen LogP contribution >= 0.6 is 0 Å². The van der Waals surface area contributed by atoms with Crippen molar-refractivity contribution in [1.82, 2.24) is 9.97 Å². The molecule has 4 rings (SSSR count). The Hall–Kier alpha value is -3.22. The Kier molecular flexibility index (Phi) is 2.71. The first kappa shape index (κ1) is 13.4. The van der Waals surface area contributed by atoms with Crippen LogP contribution in [0.4, 0.5) is 14.5 Å². The van der Waals surface area contributed by atoms with Crippen LogP contribution in [0.25, 0.3) is 33.1 Å². The summed E-state index contributed by atoms with van der Waals surface area (Å²) in [6.45, 7) is 0. The van der Waals surface area contributed by atoms with Gasteiger partial charge in [-0.2, -0.15) is 0 Å². The zero-order chi connectivity index (χ0) is 16.1. The zero-order valence-corrected chi connectivity index (χ0v) is 11.5. The van der Waals surface area contributed by atoms with Crippen molar-refractivity contribution in [2.45, 2.75) is 0 Å². The third kappa shape index (κ3) is 1.83. The van der Waals surface area contributed by atoms with E-state index in [4.69, 9.17) is 0 Å². The van der Waals surface area contributed by atoms with Gasteiger partial charge in [-0.3, -0.25) is 0 Å². The number of halogens is 2. The van der Waals surface area contributed by atoms with E-state index in [1.807, 2.05) is 0 Å². The number of aromatic nitrogens is 2. The number of benzene rings is 2.